The van der Waals surface area contributed by atoms with Crippen molar-refractivity contribution in [3.05, 3.63) is 35.4 Å². The smallest absolute Gasteiger partial charge is 0.261 e. The number of rotatable bonds is 3. The Labute approximate surface area is 108 Å². The summed E-state index contributed by atoms with van der Waals surface area (Å²) in [6.45, 7) is -0.0397. The lowest BCUT2D eigenvalue weighted by atomic mass is 10.1. The number of hydrogen-bond acceptors (Lipinski definition) is 3. The number of benzene rings is 1. The van der Waals surface area contributed by atoms with Crippen LogP contribution in [0.5, 0.6) is 0 Å². The Morgan fingerprint density at radius 1 is 1.11 bits per heavy atom. The summed E-state index contributed by atoms with van der Waals surface area (Å²) in [5.41, 5.74) is 10.8. The number of nitrogens with two attached hydrogens (primary N) is 2. The van der Waals surface area contributed by atoms with E-state index < -0.39 is 17.7 Å². The third kappa shape index (κ3) is 2.44. The lowest BCUT2D eigenvalue weighted by molar-refractivity contribution is -0.117. The summed E-state index contributed by atoms with van der Waals surface area (Å²) in [5, 5.41) is 0. The van der Waals surface area contributed by atoms with Gasteiger partial charge in [-0.25, -0.2) is 0 Å². The Kier molecular flexibility index (Phi) is 3.28. The van der Waals surface area contributed by atoms with Gasteiger partial charge in [0, 0.05) is 13.0 Å². The highest BCUT2D eigenvalue weighted by Gasteiger charge is 2.34. The molecular formula is C12H12N4O3. The molecule has 0 aromatic heterocycles. The molecule has 7 heteroatoms. The van der Waals surface area contributed by atoms with E-state index in [9.17, 15) is 14.4 Å². The molecule has 7 nitrogen and oxygen atoms in total. The molecule has 3 amide bonds. The van der Waals surface area contributed by atoms with E-state index in [0.717, 1.165) is 4.90 Å². The lowest BCUT2D eigenvalue weighted by Gasteiger charge is -2.11. The van der Waals surface area contributed by atoms with Crippen LogP contribution in [0.15, 0.2) is 29.3 Å². The van der Waals surface area contributed by atoms with Crippen LogP contribution in [0.4, 0.5) is 0 Å². The molecule has 98 valence electrons. The van der Waals surface area contributed by atoms with Gasteiger partial charge in [0.05, 0.1) is 11.1 Å². The van der Waals surface area contributed by atoms with E-state index in [0.29, 0.717) is 11.1 Å². The normalized spacial score (nSPS) is 13.4. The molecule has 0 radical (unpaired) electrons. The third-order valence-corrected chi connectivity index (χ3v) is 2.68. The number of hydrogen-bond donors (Lipinski definition) is 2. The van der Waals surface area contributed by atoms with E-state index >= 15 is 0 Å². The highest BCUT2D eigenvalue weighted by molar-refractivity contribution is 6.21. The maximum Gasteiger partial charge on any atom is 0.261 e. The highest BCUT2D eigenvalue weighted by atomic mass is 16.2. The van der Waals surface area contributed by atoms with Crippen molar-refractivity contribution in [2.45, 2.75) is 6.42 Å². The fourth-order valence-electron chi connectivity index (χ4n) is 1.85. The summed E-state index contributed by atoms with van der Waals surface area (Å²) < 4.78 is 0. The molecule has 0 saturated carbocycles. The van der Waals surface area contributed by atoms with Gasteiger partial charge in [-0.3, -0.25) is 19.3 Å². The average Bonchev–Trinajstić information content (AvgIpc) is 2.60. The molecule has 0 unspecified atom stereocenters. The minimum atomic E-state index is -0.573. The molecule has 4 N–H and O–H groups in total. The second-order valence-corrected chi connectivity index (χ2v) is 3.99. The lowest BCUT2D eigenvalue weighted by Crippen LogP contribution is -2.32. The topological polar surface area (TPSA) is 119 Å². The van der Waals surface area contributed by atoms with Crippen molar-refractivity contribution >= 4 is 23.7 Å². The van der Waals surface area contributed by atoms with Crippen molar-refractivity contribution < 1.29 is 14.4 Å². The third-order valence-electron chi connectivity index (χ3n) is 2.68. The number of guanidine groups is 1. The van der Waals surface area contributed by atoms with Gasteiger partial charge in [0.2, 0.25) is 0 Å². The van der Waals surface area contributed by atoms with Gasteiger partial charge in [-0.05, 0) is 12.1 Å². The Hall–Kier alpha value is -2.70. The first-order valence-electron chi connectivity index (χ1n) is 5.58. The van der Waals surface area contributed by atoms with E-state index in [2.05, 4.69) is 4.99 Å². The number of carbonyl (C=O) groups is 3. The van der Waals surface area contributed by atoms with Crippen molar-refractivity contribution in [1.82, 2.24) is 4.90 Å². The molecule has 1 aliphatic rings. The summed E-state index contributed by atoms with van der Waals surface area (Å²) in [7, 11) is 0. The number of aliphatic imine (C=N–C) groups is 1. The van der Waals surface area contributed by atoms with Gasteiger partial charge >= 0.3 is 0 Å². The summed E-state index contributed by atoms with van der Waals surface area (Å²) in [6, 6.07) is 6.51. The molecule has 1 heterocycles. The number of amides is 3. The van der Waals surface area contributed by atoms with Crippen molar-refractivity contribution in [3.8, 4) is 0 Å². The fraction of sp³-hybridized carbons (Fsp3) is 0.167. The molecule has 0 spiro atoms. The van der Waals surface area contributed by atoms with Crippen LogP contribution in [0, 0.1) is 0 Å². The monoisotopic (exact) mass is 260 g/mol. The first kappa shape index (κ1) is 12.7. The Bertz CT molecular complexity index is 555. The van der Waals surface area contributed by atoms with Crippen molar-refractivity contribution in [1.29, 1.82) is 0 Å². The summed E-state index contributed by atoms with van der Waals surface area (Å²) >= 11 is 0. The van der Waals surface area contributed by atoms with Crippen LogP contribution < -0.4 is 11.5 Å². The predicted molar refractivity (Wildman–Crippen MR) is 67.2 cm³/mol. The minimum Gasteiger partial charge on any atom is -0.370 e. The van der Waals surface area contributed by atoms with Gasteiger partial charge in [0.15, 0.2) is 5.96 Å². The average molecular weight is 260 g/mol. The van der Waals surface area contributed by atoms with Gasteiger partial charge in [-0.15, -0.1) is 0 Å². The Balaban J connectivity index is 2.09. The number of carbonyl (C=O) groups excluding carboxylic acids is 3. The maximum absolute atomic E-state index is 12.0. The number of imide groups is 1. The molecule has 1 aliphatic heterocycles. The molecule has 1 aromatic carbocycles. The largest absolute Gasteiger partial charge is 0.370 e. The van der Waals surface area contributed by atoms with Crippen LogP contribution in [-0.4, -0.2) is 35.1 Å². The van der Waals surface area contributed by atoms with Gasteiger partial charge < -0.3 is 11.5 Å². The number of fused-ring (bicyclic) bond motifs is 1. The van der Waals surface area contributed by atoms with Crippen molar-refractivity contribution in [2.75, 3.05) is 6.54 Å². The van der Waals surface area contributed by atoms with E-state index in [-0.39, 0.29) is 18.9 Å². The zero-order chi connectivity index (χ0) is 14.0. The molecule has 0 atom stereocenters. The predicted octanol–water partition coefficient (Wildman–Crippen LogP) is -0.527. The molecule has 0 fully saturated rings. The fourth-order valence-corrected chi connectivity index (χ4v) is 1.85. The SMILES string of the molecule is NC(N)=NC(=O)CCN1C(=O)c2ccccc2C1=O. The second kappa shape index (κ2) is 4.89. The van der Waals surface area contributed by atoms with Crippen LogP contribution in [-0.2, 0) is 4.79 Å². The standard InChI is InChI=1S/C12H12N4O3/c13-12(14)15-9(17)5-6-16-10(18)7-3-1-2-4-8(7)11(16)19/h1-4H,5-6H2,(H4,13,14,15,17). The Morgan fingerprint density at radius 3 is 2.11 bits per heavy atom. The zero-order valence-corrected chi connectivity index (χ0v) is 10.00. The van der Waals surface area contributed by atoms with Crippen LogP contribution in [0.25, 0.3) is 0 Å². The van der Waals surface area contributed by atoms with Gasteiger partial charge in [-0.1, -0.05) is 12.1 Å². The molecule has 19 heavy (non-hydrogen) atoms. The molecule has 1 aromatic rings. The summed E-state index contributed by atoms with van der Waals surface area (Å²) in [6.07, 6.45) is -0.108. The second-order valence-electron chi connectivity index (χ2n) is 3.99. The van der Waals surface area contributed by atoms with E-state index in [1.54, 1.807) is 24.3 Å². The van der Waals surface area contributed by atoms with E-state index in [1.165, 1.54) is 0 Å². The highest BCUT2D eigenvalue weighted by Crippen LogP contribution is 2.22. The van der Waals surface area contributed by atoms with E-state index in [4.69, 9.17) is 11.5 Å². The van der Waals surface area contributed by atoms with Crippen LogP contribution in [0.3, 0.4) is 0 Å². The first-order valence-corrected chi connectivity index (χ1v) is 5.58. The van der Waals surface area contributed by atoms with Crippen LogP contribution >= 0.6 is 0 Å². The summed E-state index contributed by atoms with van der Waals surface area (Å²) in [4.78, 5) is 39.5. The van der Waals surface area contributed by atoms with Crippen molar-refractivity contribution in [2.24, 2.45) is 16.5 Å². The first-order chi connectivity index (χ1) is 9.00. The van der Waals surface area contributed by atoms with Gasteiger partial charge in [0.1, 0.15) is 0 Å². The quantitative estimate of drug-likeness (QED) is 0.430. The van der Waals surface area contributed by atoms with E-state index in [1.807, 2.05) is 0 Å². The zero-order valence-electron chi connectivity index (χ0n) is 10.00. The molecule has 0 saturated heterocycles. The molecule has 0 aliphatic carbocycles. The summed E-state index contributed by atoms with van der Waals surface area (Å²) in [5.74, 6) is -1.72. The van der Waals surface area contributed by atoms with Gasteiger partial charge in [-0.2, -0.15) is 4.99 Å². The molecular weight excluding hydrogens is 248 g/mol. The number of nitrogens with zero attached hydrogens (tertiary/aromatic N) is 2. The minimum absolute atomic E-state index is 0.0397. The molecule has 2 rings (SSSR count). The maximum atomic E-state index is 12.0. The van der Waals surface area contributed by atoms with Gasteiger partial charge in [0.25, 0.3) is 17.7 Å². The Morgan fingerprint density at radius 2 is 1.63 bits per heavy atom. The van der Waals surface area contributed by atoms with Crippen LogP contribution in [0.2, 0.25) is 0 Å². The van der Waals surface area contributed by atoms with Crippen molar-refractivity contribution in [3.63, 3.8) is 0 Å². The van der Waals surface area contributed by atoms with Crippen LogP contribution in [0.1, 0.15) is 27.1 Å². The molecule has 0 bridgehead atoms.